The highest BCUT2D eigenvalue weighted by atomic mass is 16.5. The molecule has 1 amide bonds. The van der Waals surface area contributed by atoms with Gasteiger partial charge in [0.15, 0.2) is 0 Å². The molecule has 0 spiro atoms. The van der Waals surface area contributed by atoms with Crippen LogP contribution in [0.3, 0.4) is 0 Å². The lowest BCUT2D eigenvalue weighted by Crippen LogP contribution is -2.46. The van der Waals surface area contributed by atoms with Gasteiger partial charge in [-0.3, -0.25) is 9.59 Å². The summed E-state index contributed by atoms with van der Waals surface area (Å²) in [5, 5.41) is 23.9. The molecule has 0 aromatic rings. The van der Waals surface area contributed by atoms with Gasteiger partial charge in [-0.1, -0.05) is 256 Å². The lowest BCUT2D eigenvalue weighted by molar-refractivity contribution is -0.151. The van der Waals surface area contributed by atoms with E-state index in [1.165, 1.54) is 161 Å². The molecule has 0 aliphatic rings. The minimum Gasteiger partial charge on any atom is -0.462 e. The van der Waals surface area contributed by atoms with E-state index in [0.717, 1.165) is 89.9 Å². The van der Waals surface area contributed by atoms with Crippen LogP contribution in [0.5, 0.6) is 0 Å². The predicted octanol–water partition coefficient (Wildman–Crippen LogP) is 17.8. The van der Waals surface area contributed by atoms with Gasteiger partial charge in [0.25, 0.3) is 0 Å². The molecule has 0 bridgehead atoms. The van der Waals surface area contributed by atoms with Crippen LogP contribution in [-0.2, 0) is 14.3 Å². The fourth-order valence-electron chi connectivity index (χ4n) is 8.81. The van der Waals surface area contributed by atoms with Crippen LogP contribution in [0.2, 0.25) is 0 Å². The van der Waals surface area contributed by atoms with Crippen LogP contribution in [0.25, 0.3) is 0 Å². The number of ether oxygens (including phenoxy) is 1. The van der Waals surface area contributed by atoms with Gasteiger partial charge in [0.2, 0.25) is 5.91 Å². The van der Waals surface area contributed by atoms with E-state index in [-0.39, 0.29) is 24.9 Å². The topological polar surface area (TPSA) is 95.9 Å². The van der Waals surface area contributed by atoms with E-state index >= 15 is 0 Å². The molecule has 0 heterocycles. The number of carbonyl (C=O) groups is 2. The van der Waals surface area contributed by atoms with Crippen molar-refractivity contribution in [2.45, 2.75) is 315 Å². The second kappa shape index (κ2) is 53.8. The molecule has 0 rings (SSSR count). The highest BCUT2D eigenvalue weighted by Crippen LogP contribution is 2.18. The number of aliphatic hydroxyl groups is 2. The van der Waals surface area contributed by atoms with Crippen molar-refractivity contribution in [2.24, 2.45) is 0 Å². The van der Waals surface area contributed by atoms with E-state index in [4.69, 9.17) is 4.74 Å². The second-order valence-corrected chi connectivity index (χ2v) is 19.7. The third kappa shape index (κ3) is 48.3. The van der Waals surface area contributed by atoms with Crippen molar-refractivity contribution in [1.82, 2.24) is 5.32 Å². The number of rotatable bonds is 52. The zero-order valence-corrected chi connectivity index (χ0v) is 44.1. The molecule has 0 saturated carbocycles. The van der Waals surface area contributed by atoms with Gasteiger partial charge in [-0.05, 0) is 77.0 Å². The Morgan fingerprint density at radius 2 is 0.864 bits per heavy atom. The number of allylic oxidation sites excluding steroid dienone is 8. The monoisotopic (exact) mass is 926 g/mol. The zero-order valence-electron chi connectivity index (χ0n) is 44.1. The lowest BCUT2D eigenvalue weighted by atomic mass is 10.0. The summed E-state index contributed by atoms with van der Waals surface area (Å²) in [6.07, 6.45) is 66.1. The summed E-state index contributed by atoms with van der Waals surface area (Å²) in [5.74, 6) is -0.500. The Morgan fingerprint density at radius 1 is 0.470 bits per heavy atom. The minimum atomic E-state index is -0.797. The van der Waals surface area contributed by atoms with Crippen LogP contribution in [0.15, 0.2) is 48.6 Å². The van der Waals surface area contributed by atoms with Gasteiger partial charge in [0, 0.05) is 6.42 Å². The zero-order chi connectivity index (χ0) is 48.1. The smallest absolute Gasteiger partial charge is 0.306 e. The summed E-state index contributed by atoms with van der Waals surface area (Å²) >= 11 is 0. The Kier molecular flexibility index (Phi) is 52.0. The van der Waals surface area contributed by atoms with E-state index in [9.17, 15) is 19.8 Å². The van der Waals surface area contributed by atoms with Gasteiger partial charge in [-0.25, -0.2) is 0 Å². The molecule has 0 aromatic heterocycles. The van der Waals surface area contributed by atoms with Gasteiger partial charge < -0.3 is 20.3 Å². The van der Waals surface area contributed by atoms with E-state index in [1.807, 2.05) is 0 Å². The van der Waals surface area contributed by atoms with Crippen molar-refractivity contribution >= 4 is 11.9 Å². The average molecular weight is 927 g/mol. The predicted molar refractivity (Wildman–Crippen MR) is 287 cm³/mol. The number of unbranched alkanes of at least 4 members (excludes halogenated alkanes) is 33. The number of hydrogen-bond donors (Lipinski definition) is 3. The first-order chi connectivity index (χ1) is 32.5. The van der Waals surface area contributed by atoms with Crippen LogP contribution >= 0.6 is 0 Å². The van der Waals surface area contributed by atoms with Crippen LogP contribution in [-0.4, -0.2) is 46.9 Å². The quantitative estimate of drug-likeness (QED) is 0.0244. The third-order valence-electron chi connectivity index (χ3n) is 13.2. The molecule has 66 heavy (non-hydrogen) atoms. The summed E-state index contributed by atoms with van der Waals surface area (Å²) in [7, 11) is 0. The van der Waals surface area contributed by atoms with Crippen molar-refractivity contribution in [3.8, 4) is 0 Å². The SMILES string of the molecule is CC/C=C/C/C=C/CCCCCCCCCC(=O)OC(CCCCC/C=C/C=C/CCCCCCCCC)CC(=O)NC(CO)C(O)CCCCCCCCCCCCCCCCCCC. The molecule has 3 N–H and O–H groups in total. The lowest BCUT2D eigenvalue weighted by Gasteiger charge is -2.24. The first-order valence-corrected chi connectivity index (χ1v) is 28.9. The maximum atomic E-state index is 13.3. The Labute approximate surface area is 410 Å². The minimum absolute atomic E-state index is 0.0577. The number of aliphatic hydroxyl groups excluding tert-OH is 2. The molecular formula is C60H111NO5. The van der Waals surface area contributed by atoms with Gasteiger partial charge in [-0.15, -0.1) is 0 Å². The van der Waals surface area contributed by atoms with Crippen LogP contribution in [0, 0.1) is 0 Å². The Balaban J connectivity index is 4.57. The summed E-state index contributed by atoms with van der Waals surface area (Å²) in [5.41, 5.74) is 0. The first kappa shape index (κ1) is 63.8. The van der Waals surface area contributed by atoms with Crippen molar-refractivity contribution in [3.05, 3.63) is 48.6 Å². The van der Waals surface area contributed by atoms with Crippen molar-refractivity contribution in [2.75, 3.05) is 6.61 Å². The van der Waals surface area contributed by atoms with Crippen LogP contribution in [0.1, 0.15) is 297 Å². The number of amides is 1. The molecule has 0 aliphatic carbocycles. The number of hydrogen-bond acceptors (Lipinski definition) is 5. The number of carbonyl (C=O) groups excluding carboxylic acids is 2. The van der Waals surface area contributed by atoms with Gasteiger partial charge >= 0.3 is 5.97 Å². The maximum absolute atomic E-state index is 13.3. The summed E-state index contributed by atoms with van der Waals surface area (Å²) in [6, 6.07) is -0.712. The molecule has 6 heteroatoms. The molecule has 3 atom stereocenters. The molecule has 6 nitrogen and oxygen atoms in total. The molecule has 0 radical (unpaired) electrons. The van der Waals surface area contributed by atoms with E-state index < -0.39 is 18.2 Å². The largest absolute Gasteiger partial charge is 0.462 e. The molecular weight excluding hydrogens is 815 g/mol. The fourth-order valence-corrected chi connectivity index (χ4v) is 8.81. The highest BCUT2D eigenvalue weighted by molar-refractivity contribution is 5.77. The van der Waals surface area contributed by atoms with Gasteiger partial charge in [0.1, 0.15) is 6.10 Å². The van der Waals surface area contributed by atoms with Crippen molar-refractivity contribution in [3.63, 3.8) is 0 Å². The molecule has 0 fully saturated rings. The maximum Gasteiger partial charge on any atom is 0.306 e. The molecule has 0 aromatic carbocycles. The summed E-state index contributed by atoms with van der Waals surface area (Å²) < 4.78 is 5.94. The normalized spacial score (nSPS) is 13.5. The van der Waals surface area contributed by atoms with E-state index in [1.54, 1.807) is 0 Å². The first-order valence-electron chi connectivity index (χ1n) is 28.9. The average Bonchev–Trinajstić information content (AvgIpc) is 3.31. The standard InChI is InChI=1S/C60H111NO5/c1-4-7-10-13-16-19-22-25-28-30-32-34-37-40-43-46-49-52-58(63)57(55-62)61-59(64)54-56(51-48-45-42-39-36-33-31-29-26-23-20-17-14-11-8-5-2)66-60(65)53-50-47-44-41-38-35-27-24-21-18-15-12-9-6-3/h9,12,18,21,29,31,33,36,56-58,62-63H,4-8,10-11,13-17,19-20,22-28,30,32,34-35,37-55H2,1-3H3,(H,61,64)/b12-9+,21-18+,31-29+,36-33+. The Hall–Kier alpha value is -2.18. The Morgan fingerprint density at radius 3 is 1.33 bits per heavy atom. The van der Waals surface area contributed by atoms with Crippen LogP contribution < -0.4 is 5.32 Å². The van der Waals surface area contributed by atoms with Crippen LogP contribution in [0.4, 0.5) is 0 Å². The molecule has 3 unspecified atom stereocenters. The van der Waals surface area contributed by atoms with Gasteiger partial charge in [0.05, 0.1) is 25.2 Å². The van der Waals surface area contributed by atoms with E-state index in [0.29, 0.717) is 19.3 Å². The highest BCUT2D eigenvalue weighted by Gasteiger charge is 2.24. The summed E-state index contributed by atoms with van der Waals surface area (Å²) in [4.78, 5) is 26.3. The molecule has 0 aliphatic heterocycles. The summed E-state index contributed by atoms with van der Waals surface area (Å²) in [6.45, 7) is 6.40. The van der Waals surface area contributed by atoms with Gasteiger partial charge in [-0.2, -0.15) is 0 Å². The molecule has 386 valence electrons. The molecule has 0 saturated heterocycles. The number of nitrogens with one attached hydrogen (secondary N) is 1. The second-order valence-electron chi connectivity index (χ2n) is 19.7. The van der Waals surface area contributed by atoms with E-state index in [2.05, 4.69) is 74.7 Å². The van der Waals surface area contributed by atoms with Crippen molar-refractivity contribution < 1.29 is 24.5 Å². The fraction of sp³-hybridized carbons (Fsp3) is 0.833. The third-order valence-corrected chi connectivity index (χ3v) is 13.2. The Bertz CT molecular complexity index is 1130. The van der Waals surface area contributed by atoms with Crippen molar-refractivity contribution in [1.29, 1.82) is 0 Å². The number of esters is 1.